The standard InChI is InChI=1S/C11H26N4O2S.HI/c1-3-5-6-7-8-13-11(12)14-9-10-15-18(16,17)4-2;/h15H,3-10H2,1-2H3,(H3,12,13,14);1H. The van der Waals surface area contributed by atoms with Gasteiger partial charge in [-0.3, -0.25) is 4.99 Å². The van der Waals surface area contributed by atoms with Gasteiger partial charge in [-0.05, 0) is 13.3 Å². The molecule has 4 N–H and O–H groups in total. The lowest BCUT2D eigenvalue weighted by molar-refractivity contribution is 0.582. The average molecular weight is 406 g/mol. The highest BCUT2D eigenvalue weighted by Crippen LogP contribution is 1.98. The molecule has 0 aromatic rings. The number of hydrogen-bond donors (Lipinski definition) is 3. The maximum absolute atomic E-state index is 11.1. The van der Waals surface area contributed by atoms with Gasteiger partial charge >= 0.3 is 0 Å². The van der Waals surface area contributed by atoms with Gasteiger partial charge in [-0.1, -0.05) is 26.2 Å². The molecule has 0 radical (unpaired) electrons. The Balaban J connectivity index is 0. The molecule has 0 aromatic carbocycles. The van der Waals surface area contributed by atoms with Crippen LogP contribution in [0.1, 0.15) is 39.5 Å². The molecule has 0 aliphatic rings. The molecule has 8 heteroatoms. The molecule has 0 spiro atoms. The van der Waals surface area contributed by atoms with Crippen molar-refractivity contribution in [2.45, 2.75) is 39.5 Å². The van der Waals surface area contributed by atoms with Crippen molar-refractivity contribution in [3.8, 4) is 0 Å². The average Bonchev–Trinajstić information content (AvgIpc) is 2.34. The van der Waals surface area contributed by atoms with E-state index < -0.39 is 10.0 Å². The summed E-state index contributed by atoms with van der Waals surface area (Å²) in [6.45, 7) is 5.25. The second kappa shape index (κ2) is 12.9. The highest BCUT2D eigenvalue weighted by atomic mass is 127. The molecule has 116 valence electrons. The Bertz CT molecular complexity index is 334. The molecule has 0 unspecified atom stereocenters. The van der Waals surface area contributed by atoms with Crippen LogP contribution < -0.4 is 15.8 Å². The van der Waals surface area contributed by atoms with Crippen LogP contribution in [0.25, 0.3) is 0 Å². The normalized spacial score (nSPS) is 12.0. The van der Waals surface area contributed by atoms with Crippen LogP contribution in [0.2, 0.25) is 0 Å². The minimum Gasteiger partial charge on any atom is -0.370 e. The highest BCUT2D eigenvalue weighted by Gasteiger charge is 2.04. The van der Waals surface area contributed by atoms with Crippen LogP contribution in [0.15, 0.2) is 4.99 Å². The second-order valence-electron chi connectivity index (χ2n) is 4.05. The summed E-state index contributed by atoms with van der Waals surface area (Å²) in [5.41, 5.74) is 5.63. The van der Waals surface area contributed by atoms with E-state index in [4.69, 9.17) is 5.73 Å². The van der Waals surface area contributed by atoms with Crippen molar-refractivity contribution >= 4 is 40.0 Å². The lowest BCUT2D eigenvalue weighted by Gasteiger charge is -2.07. The minimum absolute atomic E-state index is 0. The quantitative estimate of drug-likeness (QED) is 0.219. The fourth-order valence-corrected chi connectivity index (χ4v) is 1.91. The van der Waals surface area contributed by atoms with Gasteiger partial charge in [0.05, 0.1) is 5.75 Å². The molecule has 0 saturated carbocycles. The molecule has 6 nitrogen and oxygen atoms in total. The predicted octanol–water partition coefficient (Wildman–Crippen LogP) is 1.03. The molecule has 19 heavy (non-hydrogen) atoms. The summed E-state index contributed by atoms with van der Waals surface area (Å²) in [6.07, 6.45) is 4.64. The summed E-state index contributed by atoms with van der Waals surface area (Å²) in [4.78, 5) is 4.16. The van der Waals surface area contributed by atoms with Gasteiger partial charge in [0.15, 0.2) is 5.96 Å². The molecule has 0 bridgehead atoms. The van der Waals surface area contributed by atoms with E-state index in [1.54, 1.807) is 6.92 Å². The van der Waals surface area contributed by atoms with Gasteiger partial charge in [0.1, 0.15) is 0 Å². The topological polar surface area (TPSA) is 96.6 Å². The Morgan fingerprint density at radius 1 is 1.16 bits per heavy atom. The van der Waals surface area contributed by atoms with E-state index in [1.165, 1.54) is 19.3 Å². The zero-order chi connectivity index (χ0) is 13.9. The van der Waals surface area contributed by atoms with E-state index in [9.17, 15) is 8.42 Å². The Hall–Kier alpha value is -0.0900. The summed E-state index contributed by atoms with van der Waals surface area (Å²) in [5.74, 6) is 0.468. The number of hydrogen-bond acceptors (Lipinski definition) is 3. The number of nitrogens with two attached hydrogens (primary N) is 1. The van der Waals surface area contributed by atoms with Gasteiger partial charge in [0.2, 0.25) is 10.0 Å². The first-order chi connectivity index (χ1) is 8.52. The van der Waals surface area contributed by atoms with Crippen LogP contribution in [0.3, 0.4) is 0 Å². The van der Waals surface area contributed by atoms with Crippen molar-refractivity contribution in [3.05, 3.63) is 0 Å². The van der Waals surface area contributed by atoms with Crippen LogP contribution in [-0.4, -0.2) is 39.8 Å². The molecule has 0 fully saturated rings. The third-order valence-corrected chi connectivity index (χ3v) is 3.83. The molecular formula is C11H27IN4O2S. The summed E-state index contributed by atoms with van der Waals surface area (Å²) >= 11 is 0. The molecule has 0 aromatic heterocycles. The van der Waals surface area contributed by atoms with E-state index >= 15 is 0 Å². The van der Waals surface area contributed by atoms with E-state index in [2.05, 4.69) is 22.0 Å². The van der Waals surface area contributed by atoms with E-state index in [1.807, 2.05) is 0 Å². The maximum atomic E-state index is 11.1. The molecule has 0 saturated heterocycles. The number of guanidine groups is 1. The van der Waals surface area contributed by atoms with Crippen LogP contribution in [-0.2, 0) is 10.0 Å². The van der Waals surface area contributed by atoms with Crippen LogP contribution >= 0.6 is 24.0 Å². The highest BCUT2D eigenvalue weighted by molar-refractivity contribution is 14.0. The van der Waals surface area contributed by atoms with Crippen molar-refractivity contribution in [3.63, 3.8) is 0 Å². The predicted molar refractivity (Wildman–Crippen MR) is 91.5 cm³/mol. The summed E-state index contributed by atoms with van der Waals surface area (Å²) < 4.78 is 24.7. The number of nitrogens with one attached hydrogen (secondary N) is 2. The molecule has 0 amide bonds. The molecule has 0 atom stereocenters. The number of unbranched alkanes of at least 4 members (excludes halogenated alkanes) is 3. The van der Waals surface area contributed by atoms with Gasteiger partial charge < -0.3 is 11.1 Å². The summed E-state index contributed by atoms with van der Waals surface area (Å²) in [6, 6.07) is 0. The number of sulfonamides is 1. The van der Waals surface area contributed by atoms with Gasteiger partial charge in [-0.15, -0.1) is 24.0 Å². The first-order valence-corrected chi connectivity index (χ1v) is 8.18. The van der Waals surface area contributed by atoms with Crippen molar-refractivity contribution in [1.82, 2.24) is 10.0 Å². The Morgan fingerprint density at radius 3 is 2.42 bits per heavy atom. The largest absolute Gasteiger partial charge is 0.370 e. The Labute approximate surface area is 134 Å². The fourth-order valence-electron chi connectivity index (χ4n) is 1.29. The van der Waals surface area contributed by atoms with Gasteiger partial charge in [0.25, 0.3) is 0 Å². The van der Waals surface area contributed by atoms with Crippen LogP contribution in [0.5, 0.6) is 0 Å². The zero-order valence-corrected chi connectivity index (χ0v) is 15.0. The number of nitrogens with zero attached hydrogens (tertiary/aromatic N) is 1. The lowest BCUT2D eigenvalue weighted by atomic mass is 10.2. The number of rotatable bonds is 10. The van der Waals surface area contributed by atoms with Crippen molar-refractivity contribution in [2.75, 3.05) is 25.4 Å². The van der Waals surface area contributed by atoms with Crippen molar-refractivity contribution in [1.29, 1.82) is 0 Å². The summed E-state index contributed by atoms with van der Waals surface area (Å²) in [5, 5.41) is 2.87. The van der Waals surface area contributed by atoms with Crippen LogP contribution in [0.4, 0.5) is 0 Å². The Kier molecular flexibility index (Phi) is 14.4. The number of aliphatic imine (C=N–C) groups is 1. The SMILES string of the molecule is CCCCCCN=C(N)NCCNS(=O)(=O)CC.I. The molecular weight excluding hydrogens is 379 g/mol. The first kappa shape index (κ1) is 21.2. The summed E-state index contributed by atoms with van der Waals surface area (Å²) in [7, 11) is -3.12. The van der Waals surface area contributed by atoms with Gasteiger partial charge in [-0.25, -0.2) is 13.1 Å². The van der Waals surface area contributed by atoms with E-state index in [0.717, 1.165) is 13.0 Å². The van der Waals surface area contributed by atoms with Crippen LogP contribution in [0, 0.1) is 0 Å². The molecule has 0 heterocycles. The zero-order valence-electron chi connectivity index (χ0n) is 11.8. The van der Waals surface area contributed by atoms with E-state index in [-0.39, 0.29) is 29.7 Å². The fraction of sp³-hybridized carbons (Fsp3) is 0.909. The van der Waals surface area contributed by atoms with Crippen molar-refractivity contribution < 1.29 is 8.42 Å². The maximum Gasteiger partial charge on any atom is 0.211 e. The smallest absolute Gasteiger partial charge is 0.211 e. The van der Waals surface area contributed by atoms with Crippen molar-refractivity contribution in [2.24, 2.45) is 10.7 Å². The molecule has 0 aliphatic heterocycles. The molecule has 0 rings (SSSR count). The van der Waals surface area contributed by atoms with E-state index in [0.29, 0.717) is 19.0 Å². The molecule has 0 aliphatic carbocycles. The minimum atomic E-state index is -3.12. The number of halogens is 1. The monoisotopic (exact) mass is 406 g/mol. The Morgan fingerprint density at radius 2 is 1.84 bits per heavy atom. The van der Waals surface area contributed by atoms with Gasteiger partial charge in [-0.2, -0.15) is 0 Å². The third kappa shape index (κ3) is 14.1. The third-order valence-electron chi connectivity index (χ3n) is 2.43. The van der Waals surface area contributed by atoms with Gasteiger partial charge in [0, 0.05) is 19.6 Å². The first-order valence-electron chi connectivity index (χ1n) is 6.53. The second-order valence-corrected chi connectivity index (χ2v) is 6.15. The lowest BCUT2D eigenvalue weighted by Crippen LogP contribution is -2.38.